The molecule has 2 aliphatic rings. The van der Waals surface area contributed by atoms with Gasteiger partial charge in [-0.3, -0.25) is 9.59 Å². The number of aliphatic hydroxyl groups excluding tert-OH is 2. The van der Waals surface area contributed by atoms with Gasteiger partial charge >= 0.3 is 0 Å². The van der Waals surface area contributed by atoms with E-state index in [1.54, 1.807) is 19.9 Å². The minimum Gasteiger partial charge on any atom is -0.515 e. The number of ether oxygens (including phenoxy) is 1. The molecule has 1 saturated carbocycles. The van der Waals surface area contributed by atoms with Crippen molar-refractivity contribution in [3.05, 3.63) is 59.1 Å². The lowest BCUT2D eigenvalue weighted by atomic mass is 9.73. The summed E-state index contributed by atoms with van der Waals surface area (Å²) in [5, 5.41) is 28.1. The Balaban J connectivity index is 0.000000280. The van der Waals surface area contributed by atoms with Crippen molar-refractivity contribution in [2.45, 2.75) is 85.4 Å². The Hall–Kier alpha value is -2.64. The Labute approximate surface area is 222 Å². The number of aryl methyl sites for hydroxylation is 1. The fraction of sp³-hybridized carbons (Fsp3) is 0.600. The molecule has 3 N–H and O–H groups in total. The molecule has 0 heterocycles. The van der Waals surface area contributed by atoms with E-state index in [1.165, 1.54) is 7.11 Å². The van der Waals surface area contributed by atoms with Crippen molar-refractivity contribution in [3.8, 4) is 0 Å². The summed E-state index contributed by atoms with van der Waals surface area (Å²) in [5.41, 5.74) is 1.93. The molecule has 0 radical (unpaired) electrons. The van der Waals surface area contributed by atoms with E-state index in [2.05, 4.69) is 6.92 Å². The van der Waals surface area contributed by atoms with Crippen LogP contribution in [0.15, 0.2) is 47.9 Å². The third kappa shape index (κ3) is 10.7. The lowest BCUT2D eigenvalue weighted by Crippen LogP contribution is -2.42. The van der Waals surface area contributed by atoms with Gasteiger partial charge in [-0.25, -0.2) is 0 Å². The first-order valence-electron chi connectivity index (χ1n) is 13.3. The van der Waals surface area contributed by atoms with Crippen molar-refractivity contribution in [2.24, 2.45) is 11.8 Å². The number of carbonyl (C=O) groups excluding carboxylic acids is 2. The topological polar surface area (TPSA) is 107 Å². The minimum absolute atomic E-state index is 0.00176. The standard InChI is InChI=1S/C12H17NO.C10H20O2.C8H10O3/c1-4-13(5-2)12(14)11-8-6-7-10(3)9-11;1-7-4-5-8(9(11)6-7)10(2,3)12;1-11-8-4-6(5-9)2-3-7(8)10/h6-9H,4-5H2,1-3H3;7-9,11-12H,4-6H2,1-3H3;4-5,9H,2-3H2,1H3. The number of Topliss-reactive ketones (excluding diaryl/α,β-unsaturated/α-hetero) is 1. The van der Waals surface area contributed by atoms with Crippen molar-refractivity contribution < 1.29 is 29.6 Å². The van der Waals surface area contributed by atoms with Crippen LogP contribution in [0.5, 0.6) is 0 Å². The van der Waals surface area contributed by atoms with Crippen molar-refractivity contribution in [1.82, 2.24) is 4.90 Å². The number of benzene rings is 1. The predicted octanol–water partition coefficient (Wildman–Crippen LogP) is 5.35. The van der Waals surface area contributed by atoms with Crippen LogP contribution in [0.25, 0.3) is 0 Å². The number of amides is 1. The molecule has 3 atom stereocenters. The first-order chi connectivity index (χ1) is 17.4. The number of ketones is 1. The number of nitrogens with zero attached hydrogens (tertiary/aromatic N) is 1. The molecule has 3 rings (SSSR count). The number of carbonyl (C=O) groups is 2. The number of hydrogen-bond donors (Lipinski definition) is 3. The van der Waals surface area contributed by atoms with Crippen LogP contribution in [0.3, 0.4) is 0 Å². The first-order valence-corrected chi connectivity index (χ1v) is 13.3. The first kappa shape index (κ1) is 32.4. The molecule has 1 amide bonds. The Morgan fingerprint density at radius 1 is 1.19 bits per heavy atom. The van der Waals surface area contributed by atoms with E-state index in [9.17, 15) is 19.8 Å². The minimum atomic E-state index is -0.723. The summed E-state index contributed by atoms with van der Waals surface area (Å²) in [6.07, 6.45) is 6.20. The van der Waals surface area contributed by atoms with Gasteiger partial charge in [0.2, 0.25) is 0 Å². The summed E-state index contributed by atoms with van der Waals surface area (Å²) >= 11 is 0. The number of allylic oxidation sites excluding steroid dienone is 3. The predicted molar refractivity (Wildman–Crippen MR) is 147 cm³/mol. The van der Waals surface area contributed by atoms with Gasteiger partial charge in [0.05, 0.1) is 25.1 Å². The quantitative estimate of drug-likeness (QED) is 0.454. The monoisotopic (exact) mass is 517 g/mol. The van der Waals surface area contributed by atoms with E-state index in [1.807, 2.05) is 49.9 Å². The zero-order valence-electron chi connectivity index (χ0n) is 23.7. The molecule has 7 nitrogen and oxygen atoms in total. The molecule has 208 valence electrons. The maximum absolute atomic E-state index is 11.9. The maximum atomic E-state index is 11.9. The second-order valence-corrected chi connectivity index (χ2v) is 10.4. The maximum Gasteiger partial charge on any atom is 0.253 e. The molecular formula is C30H47NO6. The highest BCUT2D eigenvalue weighted by Gasteiger charge is 2.36. The average Bonchev–Trinajstić information content (AvgIpc) is 2.85. The summed E-state index contributed by atoms with van der Waals surface area (Å²) in [4.78, 5) is 24.7. The molecule has 0 spiro atoms. The highest BCUT2D eigenvalue weighted by atomic mass is 16.5. The molecule has 1 aromatic rings. The van der Waals surface area contributed by atoms with Crippen LogP contribution in [-0.4, -0.2) is 63.8 Å². The van der Waals surface area contributed by atoms with Gasteiger partial charge in [-0.15, -0.1) is 0 Å². The highest BCUT2D eigenvalue weighted by molar-refractivity contribution is 5.95. The molecule has 1 fully saturated rings. The van der Waals surface area contributed by atoms with Crippen LogP contribution in [0, 0.1) is 18.8 Å². The third-order valence-electron chi connectivity index (χ3n) is 6.92. The van der Waals surface area contributed by atoms with Crippen molar-refractivity contribution in [3.63, 3.8) is 0 Å². The summed E-state index contributed by atoms with van der Waals surface area (Å²) in [6, 6.07) is 7.72. The van der Waals surface area contributed by atoms with Crippen molar-refractivity contribution in [2.75, 3.05) is 20.2 Å². The van der Waals surface area contributed by atoms with Gasteiger partial charge < -0.3 is 25.0 Å². The van der Waals surface area contributed by atoms with Gasteiger partial charge in [-0.2, -0.15) is 0 Å². The summed E-state index contributed by atoms with van der Waals surface area (Å²) in [7, 11) is 1.45. The van der Waals surface area contributed by atoms with Crippen LogP contribution in [0.4, 0.5) is 0 Å². The van der Waals surface area contributed by atoms with Crippen molar-refractivity contribution in [1.29, 1.82) is 0 Å². The molecule has 1 aromatic carbocycles. The largest absolute Gasteiger partial charge is 0.515 e. The molecule has 0 saturated heterocycles. The number of aliphatic hydroxyl groups is 3. The Morgan fingerprint density at radius 3 is 2.32 bits per heavy atom. The van der Waals surface area contributed by atoms with Crippen LogP contribution in [0.1, 0.15) is 82.6 Å². The number of rotatable bonds is 5. The third-order valence-corrected chi connectivity index (χ3v) is 6.92. The van der Waals surface area contributed by atoms with Crippen LogP contribution >= 0.6 is 0 Å². The number of hydrogen-bond acceptors (Lipinski definition) is 6. The smallest absolute Gasteiger partial charge is 0.253 e. The van der Waals surface area contributed by atoms with Gasteiger partial charge in [-0.05, 0) is 83.6 Å². The van der Waals surface area contributed by atoms with Crippen LogP contribution in [-0.2, 0) is 9.53 Å². The molecule has 2 aliphatic carbocycles. The fourth-order valence-corrected chi connectivity index (χ4v) is 4.62. The molecule has 0 aliphatic heterocycles. The lowest BCUT2D eigenvalue weighted by molar-refractivity contribution is -0.118. The van der Waals surface area contributed by atoms with E-state index >= 15 is 0 Å². The van der Waals surface area contributed by atoms with Crippen LogP contribution in [0.2, 0.25) is 0 Å². The lowest BCUT2D eigenvalue weighted by Gasteiger charge is -2.38. The van der Waals surface area contributed by atoms with Gasteiger partial charge in [0.1, 0.15) is 0 Å². The Kier molecular flexibility index (Phi) is 13.6. The summed E-state index contributed by atoms with van der Waals surface area (Å²) in [5.74, 6) is 1.13. The molecular weight excluding hydrogens is 470 g/mol. The van der Waals surface area contributed by atoms with Gasteiger partial charge in [0.25, 0.3) is 5.91 Å². The van der Waals surface area contributed by atoms with E-state index in [4.69, 9.17) is 9.84 Å². The Bertz CT molecular complexity index is 926. The van der Waals surface area contributed by atoms with Gasteiger partial charge in [0, 0.05) is 31.0 Å². The van der Waals surface area contributed by atoms with Gasteiger partial charge in [0.15, 0.2) is 11.5 Å². The van der Waals surface area contributed by atoms with Gasteiger partial charge in [-0.1, -0.05) is 31.0 Å². The fourth-order valence-electron chi connectivity index (χ4n) is 4.62. The van der Waals surface area contributed by atoms with E-state index < -0.39 is 5.60 Å². The van der Waals surface area contributed by atoms with E-state index in [0.29, 0.717) is 24.5 Å². The van der Waals surface area contributed by atoms with E-state index in [0.717, 1.165) is 55.3 Å². The normalized spacial score (nSPS) is 22.6. The summed E-state index contributed by atoms with van der Waals surface area (Å²) < 4.78 is 4.80. The number of methoxy groups -OCH3 is 1. The second kappa shape index (κ2) is 15.6. The van der Waals surface area contributed by atoms with Crippen LogP contribution < -0.4 is 0 Å². The molecule has 0 aromatic heterocycles. The Morgan fingerprint density at radius 2 is 1.84 bits per heavy atom. The SMILES string of the molecule is CC1CCC(C(C)(C)O)C(O)C1.CCN(CC)C(=O)c1cccc(C)c1.COC1=CC(=CO)CCC1=O. The molecule has 0 bridgehead atoms. The second-order valence-electron chi connectivity index (χ2n) is 10.4. The molecule has 3 unspecified atom stereocenters. The zero-order valence-corrected chi connectivity index (χ0v) is 23.7. The molecule has 7 heteroatoms. The van der Waals surface area contributed by atoms with E-state index in [-0.39, 0.29) is 23.7 Å². The van der Waals surface area contributed by atoms with Crippen molar-refractivity contribution >= 4 is 11.7 Å². The summed E-state index contributed by atoms with van der Waals surface area (Å²) in [6.45, 7) is 13.3. The highest BCUT2D eigenvalue weighted by Crippen LogP contribution is 2.35. The molecule has 37 heavy (non-hydrogen) atoms. The zero-order chi connectivity index (χ0) is 28.2. The average molecular weight is 518 g/mol.